The predicted molar refractivity (Wildman–Crippen MR) is 101 cm³/mol. The summed E-state index contributed by atoms with van der Waals surface area (Å²) in [7, 11) is 0. The largest absolute Gasteiger partial charge is 0.425 e. The fraction of sp³-hybridized carbons (Fsp3) is 0.0952. The molecule has 0 aliphatic rings. The summed E-state index contributed by atoms with van der Waals surface area (Å²) in [4.78, 5) is 12.5. The van der Waals surface area contributed by atoms with E-state index in [1.807, 2.05) is 60.7 Å². The first-order valence-corrected chi connectivity index (χ1v) is 8.64. The van der Waals surface area contributed by atoms with Crippen molar-refractivity contribution in [3.8, 4) is 5.75 Å². The fourth-order valence-electron chi connectivity index (χ4n) is 2.69. The van der Waals surface area contributed by atoms with Gasteiger partial charge in [0.1, 0.15) is 0 Å². The number of halogens is 2. The molecule has 0 aromatic heterocycles. The van der Waals surface area contributed by atoms with E-state index < -0.39 is 0 Å². The van der Waals surface area contributed by atoms with Crippen LogP contribution in [0.15, 0.2) is 78.9 Å². The Morgan fingerprint density at radius 3 is 1.96 bits per heavy atom. The molecular formula is C21H16Cl2O2. The maximum Gasteiger partial charge on any atom is 0.312 e. The van der Waals surface area contributed by atoms with Gasteiger partial charge in [0.2, 0.25) is 0 Å². The molecule has 0 N–H and O–H groups in total. The molecule has 126 valence electrons. The lowest BCUT2D eigenvalue weighted by Crippen LogP contribution is -2.14. The summed E-state index contributed by atoms with van der Waals surface area (Å²) < 4.78 is 5.44. The van der Waals surface area contributed by atoms with Crippen LogP contribution in [0.25, 0.3) is 0 Å². The van der Waals surface area contributed by atoms with E-state index >= 15 is 0 Å². The molecule has 0 aliphatic carbocycles. The van der Waals surface area contributed by atoms with Crippen LogP contribution in [0, 0.1) is 0 Å². The molecule has 0 radical (unpaired) electrons. The maximum absolute atomic E-state index is 12.5. The first kappa shape index (κ1) is 17.5. The standard InChI is InChI=1S/C21H16Cl2O2/c22-17-11-12-19(23)20(13-17)25-21(24)14-18(15-7-3-1-4-8-15)16-9-5-2-6-10-16/h1-13,18H,14H2. The number of carbonyl (C=O) groups excluding carboxylic acids is 1. The summed E-state index contributed by atoms with van der Waals surface area (Å²) >= 11 is 12.0. The summed E-state index contributed by atoms with van der Waals surface area (Å²) in [5.74, 6) is -0.172. The highest BCUT2D eigenvalue weighted by atomic mass is 35.5. The molecule has 3 aromatic carbocycles. The van der Waals surface area contributed by atoms with Crippen LogP contribution in [-0.2, 0) is 4.79 Å². The van der Waals surface area contributed by atoms with E-state index in [1.54, 1.807) is 18.2 Å². The number of esters is 1. The van der Waals surface area contributed by atoms with Gasteiger partial charge in [-0.3, -0.25) is 4.79 Å². The highest BCUT2D eigenvalue weighted by molar-refractivity contribution is 6.34. The van der Waals surface area contributed by atoms with Crippen molar-refractivity contribution >= 4 is 29.2 Å². The number of carbonyl (C=O) groups is 1. The number of benzene rings is 3. The average Bonchev–Trinajstić information content (AvgIpc) is 2.64. The zero-order chi connectivity index (χ0) is 17.6. The van der Waals surface area contributed by atoms with E-state index in [-0.39, 0.29) is 24.1 Å². The Bertz CT molecular complexity index is 809. The first-order valence-electron chi connectivity index (χ1n) is 7.89. The molecule has 25 heavy (non-hydrogen) atoms. The Morgan fingerprint density at radius 2 is 1.40 bits per heavy atom. The molecule has 0 atom stereocenters. The summed E-state index contributed by atoms with van der Waals surface area (Å²) in [5, 5.41) is 0.823. The number of hydrogen-bond acceptors (Lipinski definition) is 2. The molecule has 3 rings (SSSR count). The molecule has 0 saturated heterocycles. The Balaban J connectivity index is 1.83. The Kier molecular flexibility index (Phi) is 5.75. The fourth-order valence-corrected chi connectivity index (χ4v) is 3.00. The monoisotopic (exact) mass is 370 g/mol. The molecule has 0 fully saturated rings. The third kappa shape index (κ3) is 4.62. The van der Waals surface area contributed by atoms with Crippen LogP contribution in [0.4, 0.5) is 0 Å². The van der Waals surface area contributed by atoms with Crippen LogP contribution in [-0.4, -0.2) is 5.97 Å². The molecule has 0 aliphatic heterocycles. The van der Waals surface area contributed by atoms with Crippen molar-refractivity contribution in [1.82, 2.24) is 0 Å². The van der Waals surface area contributed by atoms with Crippen LogP contribution in [0.3, 0.4) is 0 Å². The minimum atomic E-state index is -0.359. The second-order valence-electron chi connectivity index (χ2n) is 5.63. The Hall–Kier alpha value is -2.29. The van der Waals surface area contributed by atoms with E-state index in [1.165, 1.54) is 0 Å². The summed E-state index contributed by atoms with van der Waals surface area (Å²) in [5.41, 5.74) is 2.12. The molecule has 2 nitrogen and oxygen atoms in total. The third-order valence-corrected chi connectivity index (χ3v) is 4.44. The normalized spacial score (nSPS) is 10.7. The van der Waals surface area contributed by atoms with Crippen LogP contribution >= 0.6 is 23.2 Å². The SMILES string of the molecule is O=C(CC(c1ccccc1)c1ccccc1)Oc1cc(Cl)ccc1Cl. The van der Waals surface area contributed by atoms with Crippen molar-refractivity contribution < 1.29 is 9.53 Å². The summed E-state index contributed by atoms with van der Waals surface area (Å²) in [6.07, 6.45) is 0.205. The third-order valence-electron chi connectivity index (χ3n) is 3.89. The van der Waals surface area contributed by atoms with Crippen molar-refractivity contribution in [2.45, 2.75) is 12.3 Å². The van der Waals surface area contributed by atoms with Crippen LogP contribution in [0.2, 0.25) is 10.0 Å². The zero-order valence-electron chi connectivity index (χ0n) is 13.4. The van der Waals surface area contributed by atoms with Gasteiger partial charge in [0, 0.05) is 17.0 Å². The summed E-state index contributed by atoms with van der Waals surface area (Å²) in [6, 6.07) is 24.6. The van der Waals surface area contributed by atoms with Gasteiger partial charge in [-0.15, -0.1) is 0 Å². The van der Waals surface area contributed by atoms with Gasteiger partial charge in [0.25, 0.3) is 0 Å². The van der Waals surface area contributed by atoms with Crippen LogP contribution in [0.1, 0.15) is 23.5 Å². The van der Waals surface area contributed by atoms with Crippen molar-refractivity contribution in [1.29, 1.82) is 0 Å². The van der Waals surface area contributed by atoms with Gasteiger partial charge in [-0.1, -0.05) is 83.9 Å². The van der Waals surface area contributed by atoms with Crippen molar-refractivity contribution in [2.24, 2.45) is 0 Å². The van der Waals surface area contributed by atoms with Gasteiger partial charge in [-0.05, 0) is 23.3 Å². The number of rotatable bonds is 5. The Morgan fingerprint density at radius 1 is 0.840 bits per heavy atom. The average molecular weight is 371 g/mol. The van der Waals surface area contributed by atoms with Gasteiger partial charge < -0.3 is 4.74 Å². The predicted octanol–water partition coefficient (Wildman–Crippen LogP) is 6.12. The molecule has 0 spiro atoms. The van der Waals surface area contributed by atoms with E-state index in [4.69, 9.17) is 27.9 Å². The Labute approximate surface area is 157 Å². The van der Waals surface area contributed by atoms with Crippen molar-refractivity contribution in [3.63, 3.8) is 0 Å². The molecule has 0 bridgehead atoms. The van der Waals surface area contributed by atoms with E-state index in [9.17, 15) is 4.79 Å². The molecule has 0 heterocycles. The van der Waals surface area contributed by atoms with Crippen molar-refractivity contribution in [2.75, 3.05) is 0 Å². The topological polar surface area (TPSA) is 26.3 Å². The molecule has 0 unspecified atom stereocenters. The second-order valence-corrected chi connectivity index (χ2v) is 6.47. The highest BCUT2D eigenvalue weighted by Crippen LogP contribution is 2.31. The molecule has 0 saturated carbocycles. The molecule has 0 amide bonds. The molecule has 3 aromatic rings. The van der Waals surface area contributed by atoms with Gasteiger partial charge in [-0.25, -0.2) is 0 Å². The first-order chi connectivity index (χ1) is 12.1. The zero-order valence-corrected chi connectivity index (χ0v) is 14.9. The van der Waals surface area contributed by atoms with Gasteiger partial charge in [0.05, 0.1) is 11.4 Å². The lowest BCUT2D eigenvalue weighted by Gasteiger charge is -2.17. The van der Waals surface area contributed by atoms with Crippen LogP contribution < -0.4 is 4.74 Å². The van der Waals surface area contributed by atoms with E-state index in [2.05, 4.69) is 0 Å². The van der Waals surface area contributed by atoms with Crippen molar-refractivity contribution in [3.05, 3.63) is 100 Å². The minimum Gasteiger partial charge on any atom is -0.425 e. The lowest BCUT2D eigenvalue weighted by atomic mass is 9.89. The lowest BCUT2D eigenvalue weighted by molar-refractivity contribution is -0.134. The van der Waals surface area contributed by atoms with E-state index in [0.717, 1.165) is 11.1 Å². The maximum atomic E-state index is 12.5. The van der Waals surface area contributed by atoms with Gasteiger partial charge in [0.15, 0.2) is 5.75 Å². The van der Waals surface area contributed by atoms with Crippen LogP contribution in [0.5, 0.6) is 5.75 Å². The highest BCUT2D eigenvalue weighted by Gasteiger charge is 2.20. The quantitative estimate of drug-likeness (QED) is 0.399. The smallest absolute Gasteiger partial charge is 0.312 e. The number of hydrogen-bond donors (Lipinski definition) is 0. The second kappa shape index (κ2) is 8.19. The molecule has 4 heteroatoms. The minimum absolute atomic E-state index is 0.0899. The van der Waals surface area contributed by atoms with Gasteiger partial charge >= 0.3 is 5.97 Å². The summed E-state index contributed by atoms with van der Waals surface area (Å²) in [6.45, 7) is 0. The van der Waals surface area contributed by atoms with Gasteiger partial charge in [-0.2, -0.15) is 0 Å². The molecular weight excluding hydrogens is 355 g/mol. The van der Waals surface area contributed by atoms with E-state index in [0.29, 0.717) is 10.0 Å². The number of ether oxygens (including phenoxy) is 1.